The Balaban J connectivity index is 0.00000242. The molecule has 2 rings (SSSR count). The quantitative estimate of drug-likeness (QED) is 0.462. The van der Waals surface area contributed by atoms with Crippen molar-refractivity contribution in [2.75, 3.05) is 13.6 Å². The summed E-state index contributed by atoms with van der Waals surface area (Å²) in [5.41, 5.74) is 1.25. The maximum Gasteiger partial charge on any atom is 0.194 e. The highest BCUT2D eigenvalue weighted by Gasteiger charge is 2.07. The lowest BCUT2D eigenvalue weighted by Crippen LogP contribution is -2.38. The summed E-state index contributed by atoms with van der Waals surface area (Å²) in [6.45, 7) is 4.22. The molecule has 0 unspecified atom stereocenters. The van der Waals surface area contributed by atoms with E-state index in [4.69, 9.17) is 0 Å². The number of hydrogen-bond donors (Lipinski definition) is 1. The van der Waals surface area contributed by atoms with Crippen LogP contribution in [0.4, 0.5) is 0 Å². The van der Waals surface area contributed by atoms with Crippen molar-refractivity contribution in [3.05, 3.63) is 48.0 Å². The van der Waals surface area contributed by atoms with Gasteiger partial charge < -0.3 is 10.2 Å². The Morgan fingerprint density at radius 2 is 2.05 bits per heavy atom. The Morgan fingerprint density at radius 1 is 1.32 bits per heavy atom. The molecule has 0 fully saturated rings. The second kappa shape index (κ2) is 9.39. The molecule has 0 aliphatic heterocycles. The molecule has 0 spiro atoms. The molecule has 1 heterocycles. The SMILES string of the molecule is CCNC(=NCc1ncnn1C)N(C)Cc1ccccc1.I. The number of aliphatic imine (C=N–C) groups is 1. The third-order valence-electron chi connectivity index (χ3n) is 3.13. The second-order valence-electron chi connectivity index (χ2n) is 4.81. The van der Waals surface area contributed by atoms with E-state index < -0.39 is 0 Å². The smallest absolute Gasteiger partial charge is 0.194 e. The first-order valence-electron chi connectivity index (χ1n) is 7.07. The molecule has 1 N–H and O–H groups in total. The summed E-state index contributed by atoms with van der Waals surface area (Å²) < 4.78 is 1.74. The summed E-state index contributed by atoms with van der Waals surface area (Å²) in [6.07, 6.45) is 1.55. The minimum Gasteiger partial charge on any atom is -0.357 e. The number of aromatic nitrogens is 3. The molecule has 22 heavy (non-hydrogen) atoms. The molecule has 0 aliphatic rings. The Morgan fingerprint density at radius 3 is 2.64 bits per heavy atom. The van der Waals surface area contributed by atoms with Crippen molar-refractivity contribution < 1.29 is 0 Å². The molecule has 0 amide bonds. The Bertz CT molecular complexity index is 581. The number of benzene rings is 1. The fraction of sp³-hybridized carbons (Fsp3) is 0.400. The zero-order valence-corrected chi connectivity index (χ0v) is 15.6. The van der Waals surface area contributed by atoms with Gasteiger partial charge in [-0.3, -0.25) is 4.68 Å². The van der Waals surface area contributed by atoms with E-state index in [2.05, 4.69) is 44.3 Å². The van der Waals surface area contributed by atoms with Gasteiger partial charge in [0.15, 0.2) is 5.96 Å². The van der Waals surface area contributed by atoms with Gasteiger partial charge in [-0.2, -0.15) is 5.10 Å². The van der Waals surface area contributed by atoms with Crippen molar-refractivity contribution in [3.8, 4) is 0 Å². The van der Waals surface area contributed by atoms with Gasteiger partial charge in [0, 0.05) is 27.2 Å². The van der Waals surface area contributed by atoms with Crippen LogP contribution in [0.2, 0.25) is 0 Å². The van der Waals surface area contributed by atoms with Crippen LogP contribution in [0.25, 0.3) is 0 Å². The zero-order valence-electron chi connectivity index (χ0n) is 13.2. The first-order chi connectivity index (χ1) is 10.2. The average Bonchev–Trinajstić information content (AvgIpc) is 2.90. The van der Waals surface area contributed by atoms with Crippen LogP contribution in [0.1, 0.15) is 18.3 Å². The molecule has 0 bridgehead atoms. The van der Waals surface area contributed by atoms with Crippen molar-refractivity contribution in [1.29, 1.82) is 0 Å². The summed E-state index contributed by atoms with van der Waals surface area (Å²) in [5.74, 6) is 1.71. The predicted octanol–water partition coefficient (Wildman–Crippen LogP) is 2.03. The van der Waals surface area contributed by atoms with E-state index in [-0.39, 0.29) is 24.0 Å². The standard InChI is InChI=1S/C15H22N6.HI/c1-4-16-15(17-10-14-18-12-19-21(14)3)20(2)11-13-8-6-5-7-9-13;/h5-9,12H,4,10-11H2,1-3H3,(H,16,17);1H. The molecular weight excluding hydrogens is 391 g/mol. The van der Waals surface area contributed by atoms with Crippen molar-refractivity contribution >= 4 is 29.9 Å². The van der Waals surface area contributed by atoms with Crippen molar-refractivity contribution in [2.24, 2.45) is 12.0 Å². The predicted molar refractivity (Wildman–Crippen MR) is 99.1 cm³/mol. The minimum atomic E-state index is 0. The molecule has 7 heteroatoms. The molecule has 120 valence electrons. The number of guanidine groups is 1. The summed E-state index contributed by atoms with van der Waals surface area (Å²) in [6, 6.07) is 10.3. The Hall–Kier alpha value is -1.64. The van der Waals surface area contributed by atoms with Crippen LogP contribution in [0.5, 0.6) is 0 Å². The molecular formula is C15H23IN6. The summed E-state index contributed by atoms with van der Waals surface area (Å²) in [4.78, 5) is 10.9. The van der Waals surface area contributed by atoms with Crippen LogP contribution in [0.15, 0.2) is 41.7 Å². The maximum atomic E-state index is 4.62. The van der Waals surface area contributed by atoms with E-state index in [9.17, 15) is 0 Å². The third kappa shape index (κ3) is 5.28. The lowest BCUT2D eigenvalue weighted by Gasteiger charge is -2.22. The van der Waals surface area contributed by atoms with E-state index in [1.54, 1.807) is 11.0 Å². The molecule has 1 aromatic heterocycles. The normalized spacial score (nSPS) is 11.0. The fourth-order valence-corrected chi connectivity index (χ4v) is 2.01. The van der Waals surface area contributed by atoms with Crippen LogP contribution in [0, 0.1) is 0 Å². The minimum absolute atomic E-state index is 0. The van der Waals surface area contributed by atoms with Gasteiger partial charge in [-0.05, 0) is 12.5 Å². The Kier molecular flexibility index (Phi) is 7.86. The van der Waals surface area contributed by atoms with E-state index >= 15 is 0 Å². The Labute approximate surface area is 148 Å². The molecule has 0 saturated carbocycles. The van der Waals surface area contributed by atoms with Gasteiger partial charge in [0.25, 0.3) is 0 Å². The van der Waals surface area contributed by atoms with Crippen LogP contribution in [0.3, 0.4) is 0 Å². The van der Waals surface area contributed by atoms with Gasteiger partial charge in [-0.15, -0.1) is 24.0 Å². The van der Waals surface area contributed by atoms with Gasteiger partial charge in [0.2, 0.25) is 0 Å². The fourth-order valence-electron chi connectivity index (χ4n) is 2.01. The highest BCUT2D eigenvalue weighted by atomic mass is 127. The summed E-state index contributed by atoms with van der Waals surface area (Å²) in [7, 11) is 3.91. The number of halogens is 1. The van der Waals surface area contributed by atoms with Gasteiger partial charge in [0.05, 0.1) is 0 Å². The number of rotatable bonds is 5. The van der Waals surface area contributed by atoms with Crippen molar-refractivity contribution in [3.63, 3.8) is 0 Å². The first kappa shape index (κ1) is 18.4. The topological polar surface area (TPSA) is 58.3 Å². The molecule has 1 aromatic carbocycles. The van der Waals surface area contributed by atoms with Crippen LogP contribution in [-0.2, 0) is 20.1 Å². The molecule has 0 saturated heterocycles. The number of nitrogens with zero attached hydrogens (tertiary/aromatic N) is 5. The van der Waals surface area contributed by atoms with Gasteiger partial charge in [0.1, 0.15) is 18.7 Å². The van der Waals surface area contributed by atoms with Crippen LogP contribution >= 0.6 is 24.0 Å². The van der Waals surface area contributed by atoms with E-state index in [0.717, 1.165) is 24.9 Å². The van der Waals surface area contributed by atoms with Gasteiger partial charge >= 0.3 is 0 Å². The first-order valence-corrected chi connectivity index (χ1v) is 7.07. The van der Waals surface area contributed by atoms with E-state index in [1.807, 2.05) is 32.3 Å². The average molecular weight is 414 g/mol. The number of nitrogens with one attached hydrogen (secondary N) is 1. The monoisotopic (exact) mass is 414 g/mol. The molecule has 0 aliphatic carbocycles. The number of hydrogen-bond acceptors (Lipinski definition) is 3. The van der Waals surface area contributed by atoms with E-state index in [0.29, 0.717) is 6.54 Å². The lowest BCUT2D eigenvalue weighted by atomic mass is 10.2. The van der Waals surface area contributed by atoms with Crippen molar-refractivity contribution in [2.45, 2.75) is 20.0 Å². The largest absolute Gasteiger partial charge is 0.357 e. The number of aryl methyl sites for hydroxylation is 1. The lowest BCUT2D eigenvalue weighted by molar-refractivity contribution is 0.476. The second-order valence-corrected chi connectivity index (χ2v) is 4.81. The molecule has 0 radical (unpaired) electrons. The van der Waals surface area contributed by atoms with Gasteiger partial charge in [-0.25, -0.2) is 9.98 Å². The molecule has 0 atom stereocenters. The third-order valence-corrected chi connectivity index (χ3v) is 3.13. The highest BCUT2D eigenvalue weighted by molar-refractivity contribution is 14.0. The molecule has 6 nitrogen and oxygen atoms in total. The maximum absolute atomic E-state index is 4.62. The van der Waals surface area contributed by atoms with Crippen LogP contribution in [-0.4, -0.2) is 39.2 Å². The van der Waals surface area contributed by atoms with Crippen LogP contribution < -0.4 is 5.32 Å². The van der Waals surface area contributed by atoms with E-state index in [1.165, 1.54) is 5.56 Å². The van der Waals surface area contributed by atoms with Gasteiger partial charge in [-0.1, -0.05) is 30.3 Å². The van der Waals surface area contributed by atoms with Crippen molar-refractivity contribution in [1.82, 2.24) is 25.0 Å². The summed E-state index contributed by atoms with van der Waals surface area (Å²) >= 11 is 0. The summed E-state index contributed by atoms with van der Waals surface area (Å²) in [5, 5.41) is 7.36. The molecule has 2 aromatic rings. The zero-order chi connectivity index (χ0) is 15.1. The highest BCUT2D eigenvalue weighted by Crippen LogP contribution is 2.03.